The Morgan fingerprint density at radius 1 is 1.00 bits per heavy atom. The minimum Gasteiger partial charge on any atom is -0.481 e. The van der Waals surface area contributed by atoms with Gasteiger partial charge in [0.05, 0.1) is 6.42 Å². The van der Waals surface area contributed by atoms with Crippen molar-refractivity contribution in [3.63, 3.8) is 0 Å². The number of benzene rings is 2. The van der Waals surface area contributed by atoms with E-state index in [1.54, 1.807) is 7.05 Å². The van der Waals surface area contributed by atoms with Crippen molar-refractivity contribution in [2.24, 2.45) is 5.92 Å². The molecule has 1 N–H and O–H groups in total. The maximum absolute atomic E-state index is 12.9. The summed E-state index contributed by atoms with van der Waals surface area (Å²) in [5, 5.41) is 9.39. The first-order valence-corrected chi connectivity index (χ1v) is 10.9. The lowest BCUT2D eigenvalue weighted by Gasteiger charge is -2.35. The zero-order valence-electron chi connectivity index (χ0n) is 17.4. The molecule has 5 nitrogen and oxygen atoms in total. The molecule has 0 radical (unpaired) electrons. The van der Waals surface area contributed by atoms with Gasteiger partial charge in [0, 0.05) is 19.0 Å². The van der Waals surface area contributed by atoms with Gasteiger partial charge in [-0.15, -0.1) is 0 Å². The quantitative estimate of drug-likeness (QED) is 0.706. The molecule has 2 aromatic carbocycles. The Labute approximate surface area is 177 Å². The number of hydrogen-bond donors (Lipinski definition) is 1. The molecule has 0 heterocycles. The summed E-state index contributed by atoms with van der Waals surface area (Å²) in [6.45, 7) is 0.252. The average Bonchev–Trinajstić information content (AvgIpc) is 3.09. The number of carbonyl (C=O) groups excluding carboxylic acids is 1. The van der Waals surface area contributed by atoms with Gasteiger partial charge in [-0.1, -0.05) is 67.8 Å². The Morgan fingerprint density at radius 3 is 2.13 bits per heavy atom. The van der Waals surface area contributed by atoms with Crippen LogP contribution >= 0.6 is 0 Å². The summed E-state index contributed by atoms with van der Waals surface area (Å²) in [4.78, 5) is 25.9. The summed E-state index contributed by atoms with van der Waals surface area (Å²) in [6, 6.07) is 16.1. The first kappa shape index (κ1) is 20.5. The SMILES string of the molecule is CN(C(=O)OCC1c2ccccc2-c2ccccc21)[C@@H](CC(=O)O)C1CCCCC1. The fraction of sp³-hybridized carbons (Fsp3) is 0.440. The molecule has 0 bridgehead atoms. The highest BCUT2D eigenvalue weighted by atomic mass is 16.6. The Morgan fingerprint density at radius 2 is 1.57 bits per heavy atom. The van der Waals surface area contributed by atoms with Gasteiger partial charge in [-0.3, -0.25) is 4.79 Å². The largest absolute Gasteiger partial charge is 0.481 e. The molecular formula is C25H29NO4. The lowest BCUT2D eigenvalue weighted by molar-refractivity contribution is -0.138. The molecule has 1 saturated carbocycles. The number of hydrogen-bond acceptors (Lipinski definition) is 3. The van der Waals surface area contributed by atoms with Crippen LogP contribution in [0.15, 0.2) is 48.5 Å². The van der Waals surface area contributed by atoms with E-state index in [2.05, 4.69) is 24.3 Å². The summed E-state index contributed by atoms with van der Waals surface area (Å²) in [5.74, 6) is -0.647. The maximum Gasteiger partial charge on any atom is 0.409 e. The maximum atomic E-state index is 12.9. The van der Waals surface area contributed by atoms with Crippen LogP contribution in [0, 0.1) is 5.92 Å². The minimum atomic E-state index is -0.871. The highest BCUT2D eigenvalue weighted by Gasteiger charge is 2.34. The van der Waals surface area contributed by atoms with Crippen molar-refractivity contribution < 1.29 is 19.4 Å². The van der Waals surface area contributed by atoms with E-state index in [-0.39, 0.29) is 30.9 Å². The van der Waals surface area contributed by atoms with E-state index >= 15 is 0 Å². The molecular weight excluding hydrogens is 378 g/mol. The fourth-order valence-electron chi connectivity index (χ4n) is 5.15. The van der Waals surface area contributed by atoms with Crippen LogP contribution in [-0.4, -0.2) is 41.8 Å². The Kier molecular flexibility index (Phi) is 6.07. The lowest BCUT2D eigenvalue weighted by atomic mass is 9.82. The van der Waals surface area contributed by atoms with Gasteiger partial charge in [-0.25, -0.2) is 4.79 Å². The second-order valence-corrected chi connectivity index (χ2v) is 8.48. The molecule has 0 aromatic heterocycles. The summed E-state index contributed by atoms with van der Waals surface area (Å²) in [6.07, 6.45) is 4.85. The molecule has 4 rings (SSSR count). The number of rotatable bonds is 6. The Bertz CT molecular complexity index is 873. The smallest absolute Gasteiger partial charge is 0.409 e. The summed E-state index contributed by atoms with van der Waals surface area (Å²) < 4.78 is 5.75. The number of amides is 1. The first-order chi connectivity index (χ1) is 14.6. The molecule has 2 aliphatic rings. The van der Waals surface area contributed by atoms with Crippen molar-refractivity contribution in [1.29, 1.82) is 0 Å². The number of carbonyl (C=O) groups is 2. The van der Waals surface area contributed by atoms with Gasteiger partial charge in [-0.05, 0) is 41.0 Å². The van der Waals surface area contributed by atoms with Gasteiger partial charge in [0.1, 0.15) is 6.61 Å². The van der Waals surface area contributed by atoms with Crippen LogP contribution in [0.3, 0.4) is 0 Å². The number of fused-ring (bicyclic) bond motifs is 3. The van der Waals surface area contributed by atoms with Gasteiger partial charge in [0.25, 0.3) is 0 Å². The van der Waals surface area contributed by atoms with Crippen molar-refractivity contribution >= 4 is 12.1 Å². The van der Waals surface area contributed by atoms with Crippen LogP contribution in [0.4, 0.5) is 4.79 Å². The van der Waals surface area contributed by atoms with E-state index in [0.29, 0.717) is 0 Å². The molecule has 158 valence electrons. The van der Waals surface area contributed by atoms with E-state index < -0.39 is 12.1 Å². The van der Waals surface area contributed by atoms with Crippen LogP contribution in [0.1, 0.15) is 55.6 Å². The zero-order valence-corrected chi connectivity index (χ0v) is 17.4. The van der Waals surface area contributed by atoms with Crippen molar-refractivity contribution in [2.45, 2.75) is 50.5 Å². The van der Waals surface area contributed by atoms with Gasteiger partial charge in [0.15, 0.2) is 0 Å². The Balaban J connectivity index is 1.47. The minimum absolute atomic E-state index is 0.00218. The van der Waals surface area contributed by atoms with Gasteiger partial charge in [-0.2, -0.15) is 0 Å². The topological polar surface area (TPSA) is 66.8 Å². The highest BCUT2D eigenvalue weighted by Crippen LogP contribution is 2.44. The number of carboxylic acid groups (broad SMARTS) is 1. The second kappa shape index (κ2) is 8.90. The van der Waals surface area contributed by atoms with Gasteiger partial charge >= 0.3 is 12.1 Å². The number of carboxylic acids is 1. The van der Waals surface area contributed by atoms with Crippen LogP contribution in [0.5, 0.6) is 0 Å². The van der Waals surface area contributed by atoms with Crippen LogP contribution < -0.4 is 0 Å². The molecule has 0 saturated heterocycles. The van der Waals surface area contributed by atoms with Crippen LogP contribution in [-0.2, 0) is 9.53 Å². The fourth-order valence-corrected chi connectivity index (χ4v) is 5.15. The third kappa shape index (κ3) is 4.07. The summed E-state index contributed by atoms with van der Waals surface area (Å²) in [7, 11) is 1.68. The molecule has 30 heavy (non-hydrogen) atoms. The predicted molar refractivity (Wildman–Crippen MR) is 115 cm³/mol. The molecule has 1 fully saturated rings. The van der Waals surface area contributed by atoms with Crippen molar-refractivity contribution in [2.75, 3.05) is 13.7 Å². The van der Waals surface area contributed by atoms with Crippen molar-refractivity contribution in [3.05, 3.63) is 59.7 Å². The highest BCUT2D eigenvalue weighted by molar-refractivity contribution is 5.79. The third-order valence-corrected chi connectivity index (χ3v) is 6.70. The molecule has 0 unspecified atom stereocenters. The Hall–Kier alpha value is -2.82. The van der Waals surface area contributed by atoms with E-state index in [1.807, 2.05) is 24.3 Å². The van der Waals surface area contributed by atoms with E-state index in [1.165, 1.54) is 33.6 Å². The number of aliphatic carboxylic acids is 1. The lowest BCUT2D eigenvalue weighted by Crippen LogP contribution is -2.44. The average molecular weight is 408 g/mol. The predicted octanol–water partition coefficient (Wildman–Crippen LogP) is 5.29. The van der Waals surface area contributed by atoms with Gasteiger partial charge < -0.3 is 14.7 Å². The van der Waals surface area contributed by atoms with E-state index in [0.717, 1.165) is 25.7 Å². The van der Waals surface area contributed by atoms with Crippen molar-refractivity contribution in [1.82, 2.24) is 4.90 Å². The number of ether oxygens (including phenoxy) is 1. The molecule has 2 aliphatic carbocycles. The van der Waals surface area contributed by atoms with Crippen LogP contribution in [0.2, 0.25) is 0 Å². The molecule has 2 aromatic rings. The van der Waals surface area contributed by atoms with E-state index in [4.69, 9.17) is 4.74 Å². The number of nitrogens with zero attached hydrogens (tertiary/aromatic N) is 1. The summed E-state index contributed by atoms with van der Waals surface area (Å²) >= 11 is 0. The zero-order chi connectivity index (χ0) is 21.1. The molecule has 1 atom stereocenters. The first-order valence-electron chi connectivity index (χ1n) is 10.9. The molecule has 5 heteroatoms. The molecule has 0 aliphatic heterocycles. The normalized spacial score (nSPS) is 17.1. The van der Waals surface area contributed by atoms with E-state index in [9.17, 15) is 14.7 Å². The second-order valence-electron chi connectivity index (χ2n) is 8.48. The molecule has 1 amide bonds. The molecule has 0 spiro atoms. The van der Waals surface area contributed by atoms with Crippen LogP contribution in [0.25, 0.3) is 11.1 Å². The monoisotopic (exact) mass is 407 g/mol. The summed E-state index contributed by atoms with van der Waals surface area (Å²) in [5.41, 5.74) is 4.72. The van der Waals surface area contributed by atoms with Gasteiger partial charge in [0.2, 0.25) is 0 Å². The standard InChI is InChI=1S/C25H29NO4/c1-26(23(15-24(27)28)17-9-3-2-4-10-17)25(29)30-16-22-20-13-7-5-11-18(20)19-12-6-8-14-21(19)22/h5-8,11-14,17,22-23H,2-4,9-10,15-16H2,1H3,(H,27,28)/t23-/m0/s1. The third-order valence-electron chi connectivity index (χ3n) is 6.70. The van der Waals surface area contributed by atoms with Crippen molar-refractivity contribution in [3.8, 4) is 11.1 Å².